The Morgan fingerprint density at radius 1 is 1.08 bits per heavy atom. The summed E-state index contributed by atoms with van der Waals surface area (Å²) in [4.78, 5) is -0.416. The first kappa shape index (κ1) is 19.6. The van der Waals surface area contributed by atoms with E-state index in [9.17, 15) is 22.0 Å². The van der Waals surface area contributed by atoms with E-state index in [2.05, 4.69) is 16.6 Å². The van der Waals surface area contributed by atoms with Crippen LogP contribution in [0.3, 0.4) is 0 Å². The summed E-state index contributed by atoms with van der Waals surface area (Å²) in [5.74, 6) is 3.06. The molecule has 0 aliphatic carbocycles. The van der Waals surface area contributed by atoms with E-state index >= 15 is 0 Å². The molecule has 0 saturated carbocycles. The maximum atomic E-state index is 13.8. The zero-order valence-corrected chi connectivity index (χ0v) is 14.1. The number of hydrogen-bond acceptors (Lipinski definition) is 3. The van der Waals surface area contributed by atoms with E-state index in [0.29, 0.717) is 29.3 Å². The minimum atomic E-state index is -4.80. The minimum absolute atomic E-state index is 0.0416. The quantitative estimate of drug-likeness (QED) is 0.308. The lowest BCUT2D eigenvalue weighted by Gasteiger charge is -2.10. The molecule has 0 aliphatic heterocycles. The highest BCUT2D eigenvalue weighted by Gasteiger charge is 2.31. The lowest BCUT2D eigenvalue weighted by molar-refractivity contribution is -0.274. The van der Waals surface area contributed by atoms with Gasteiger partial charge in [0, 0.05) is 11.1 Å². The average molecular weight is 383 g/mol. The summed E-state index contributed by atoms with van der Waals surface area (Å²) in [5.41, 5.74) is 0.954. The molecule has 134 valence electrons. The summed E-state index contributed by atoms with van der Waals surface area (Å²) in [6, 6.07) is 5.65. The number of halogens is 5. The number of rotatable bonds is 3. The third-order valence-electron chi connectivity index (χ3n) is 3.18. The van der Waals surface area contributed by atoms with Gasteiger partial charge >= 0.3 is 6.36 Å². The molecule has 0 heterocycles. The Kier molecular flexibility index (Phi) is 6.12. The van der Waals surface area contributed by atoms with Crippen molar-refractivity contribution in [1.29, 1.82) is 5.26 Å². The lowest BCUT2D eigenvalue weighted by Crippen LogP contribution is -2.17. The van der Waals surface area contributed by atoms with Crippen molar-refractivity contribution in [3.8, 4) is 23.0 Å². The zero-order valence-electron chi connectivity index (χ0n) is 13.2. The predicted octanol–water partition coefficient (Wildman–Crippen LogP) is 5.40. The molecule has 2 aromatic rings. The second kappa shape index (κ2) is 8.11. The second-order valence-corrected chi connectivity index (χ2v) is 5.73. The van der Waals surface area contributed by atoms with E-state index < -0.39 is 22.9 Å². The van der Waals surface area contributed by atoms with Gasteiger partial charge in [-0.15, -0.1) is 13.2 Å². The van der Waals surface area contributed by atoms with Crippen molar-refractivity contribution >= 4 is 11.8 Å². The van der Waals surface area contributed by atoms with Crippen LogP contribution in [0.4, 0.5) is 22.0 Å². The molecule has 0 radical (unpaired) electrons. The largest absolute Gasteiger partial charge is 0.573 e. The molecule has 0 bridgehead atoms. The minimum Gasteiger partial charge on any atom is -0.406 e. The molecule has 26 heavy (non-hydrogen) atoms. The Morgan fingerprint density at radius 3 is 2.27 bits per heavy atom. The van der Waals surface area contributed by atoms with Crippen molar-refractivity contribution in [2.45, 2.75) is 24.6 Å². The van der Waals surface area contributed by atoms with Crippen LogP contribution < -0.4 is 4.74 Å². The van der Waals surface area contributed by atoms with Gasteiger partial charge in [0.15, 0.2) is 0 Å². The molecule has 2 aromatic carbocycles. The molecule has 2 nitrogen and oxygen atoms in total. The van der Waals surface area contributed by atoms with Crippen molar-refractivity contribution in [3.63, 3.8) is 0 Å². The van der Waals surface area contributed by atoms with Crippen LogP contribution in [-0.2, 0) is 6.42 Å². The van der Waals surface area contributed by atoms with Crippen LogP contribution in [0.2, 0.25) is 0 Å². The number of benzene rings is 2. The predicted molar refractivity (Wildman–Crippen MR) is 86.3 cm³/mol. The first-order chi connectivity index (χ1) is 12.2. The van der Waals surface area contributed by atoms with Crippen LogP contribution in [0.25, 0.3) is 0 Å². The van der Waals surface area contributed by atoms with Crippen molar-refractivity contribution in [2.24, 2.45) is 0 Å². The van der Waals surface area contributed by atoms with Gasteiger partial charge in [-0.3, -0.25) is 0 Å². The molecule has 0 aliphatic rings. The van der Waals surface area contributed by atoms with Crippen molar-refractivity contribution < 1.29 is 26.7 Å². The molecule has 0 atom stereocenters. The summed E-state index contributed by atoms with van der Waals surface area (Å²) in [6.45, 7) is 1.73. The highest BCUT2D eigenvalue weighted by Crippen LogP contribution is 2.26. The third-order valence-corrected chi connectivity index (χ3v) is 3.86. The standard InChI is InChI=1S/C18H10F5NOS/c1-2-12-9-14(25-18(21,22)23)6-5-13(12)4-3-11-7-15(19)17(26-10-24)16(20)8-11/h5-9H,2H2,1H3. The van der Waals surface area contributed by atoms with E-state index in [1.165, 1.54) is 12.1 Å². The van der Waals surface area contributed by atoms with Crippen LogP contribution in [0.1, 0.15) is 23.6 Å². The Bertz CT molecular complexity index is 899. The molecule has 0 fully saturated rings. The third kappa shape index (κ3) is 5.14. The smallest absolute Gasteiger partial charge is 0.406 e. The zero-order chi connectivity index (χ0) is 19.3. The maximum Gasteiger partial charge on any atom is 0.573 e. The molecule has 0 spiro atoms. The van der Waals surface area contributed by atoms with Crippen molar-refractivity contribution in [1.82, 2.24) is 0 Å². The van der Waals surface area contributed by atoms with E-state index in [4.69, 9.17) is 5.26 Å². The highest BCUT2D eigenvalue weighted by atomic mass is 32.2. The molecule has 0 unspecified atom stereocenters. The van der Waals surface area contributed by atoms with Crippen LogP contribution in [-0.4, -0.2) is 6.36 Å². The van der Waals surface area contributed by atoms with Crippen LogP contribution in [0.15, 0.2) is 35.2 Å². The number of nitrogens with zero attached hydrogens (tertiary/aromatic N) is 1. The summed E-state index contributed by atoms with van der Waals surface area (Å²) < 4.78 is 68.2. The number of hydrogen-bond donors (Lipinski definition) is 0. The normalized spacial score (nSPS) is 10.7. The molecule has 8 heteroatoms. The average Bonchev–Trinajstić information content (AvgIpc) is 2.55. The molecule has 2 rings (SSSR count). The number of nitriles is 1. The summed E-state index contributed by atoms with van der Waals surface area (Å²) >= 11 is 0.365. The fourth-order valence-electron chi connectivity index (χ4n) is 2.10. The fraction of sp³-hybridized carbons (Fsp3) is 0.167. The number of thioether (sulfide) groups is 1. The number of alkyl halides is 3. The van der Waals surface area contributed by atoms with E-state index in [1.807, 2.05) is 0 Å². The number of aryl methyl sites for hydroxylation is 1. The Balaban J connectivity index is 2.34. The first-order valence-electron chi connectivity index (χ1n) is 7.19. The van der Waals surface area contributed by atoms with Gasteiger partial charge in [-0.25, -0.2) is 8.78 Å². The monoisotopic (exact) mass is 383 g/mol. The Hall–Kier alpha value is -2.71. The van der Waals surface area contributed by atoms with Crippen molar-refractivity contribution in [3.05, 3.63) is 58.7 Å². The summed E-state index contributed by atoms with van der Waals surface area (Å²) in [7, 11) is 0. The maximum absolute atomic E-state index is 13.8. The topological polar surface area (TPSA) is 33.0 Å². The summed E-state index contributed by atoms with van der Waals surface area (Å²) in [5, 5.41) is 10.1. The van der Waals surface area contributed by atoms with Crippen LogP contribution in [0, 0.1) is 34.1 Å². The number of thiocyanates is 1. The fourth-order valence-corrected chi connectivity index (χ4v) is 2.50. The molecular formula is C18H10F5NOS. The van der Waals surface area contributed by atoms with Crippen LogP contribution >= 0.6 is 11.8 Å². The Labute approximate surface area is 150 Å². The van der Waals surface area contributed by atoms with Crippen molar-refractivity contribution in [2.75, 3.05) is 0 Å². The van der Waals surface area contributed by atoms with Gasteiger partial charge in [0.1, 0.15) is 22.8 Å². The van der Waals surface area contributed by atoms with Gasteiger partial charge in [-0.05, 0) is 54.1 Å². The lowest BCUT2D eigenvalue weighted by atomic mass is 10.0. The van der Waals surface area contributed by atoms with Gasteiger partial charge in [-0.2, -0.15) is 5.26 Å². The second-order valence-electron chi connectivity index (χ2n) is 4.93. The molecule has 0 saturated heterocycles. The van der Waals surface area contributed by atoms with Gasteiger partial charge < -0.3 is 4.74 Å². The summed E-state index contributed by atoms with van der Waals surface area (Å²) in [6.07, 6.45) is -4.41. The van der Waals surface area contributed by atoms with Gasteiger partial charge in [0.2, 0.25) is 0 Å². The SMILES string of the molecule is CCc1cc(OC(F)(F)F)ccc1C#Cc1cc(F)c(SC#N)c(F)c1. The van der Waals surface area contributed by atoms with Gasteiger partial charge in [0.25, 0.3) is 0 Å². The molecular weight excluding hydrogens is 373 g/mol. The van der Waals surface area contributed by atoms with E-state index in [1.54, 1.807) is 12.3 Å². The van der Waals surface area contributed by atoms with E-state index in [0.717, 1.165) is 18.2 Å². The first-order valence-corrected chi connectivity index (χ1v) is 8.00. The van der Waals surface area contributed by atoms with Gasteiger partial charge in [-0.1, -0.05) is 18.8 Å². The highest BCUT2D eigenvalue weighted by molar-refractivity contribution is 8.03. The van der Waals surface area contributed by atoms with Crippen LogP contribution in [0.5, 0.6) is 5.75 Å². The molecule has 0 amide bonds. The number of ether oxygens (including phenoxy) is 1. The van der Waals surface area contributed by atoms with E-state index in [-0.39, 0.29) is 11.3 Å². The molecule has 0 aromatic heterocycles. The molecule has 0 N–H and O–H groups in total. The Morgan fingerprint density at radius 2 is 1.73 bits per heavy atom. The van der Waals surface area contributed by atoms with Gasteiger partial charge in [0.05, 0.1) is 4.90 Å².